The number of para-hydroxylation sites is 1. The number of ether oxygens (including phenoxy) is 2. The summed E-state index contributed by atoms with van der Waals surface area (Å²) in [7, 11) is -1.37. The number of hydrogen-bond donors (Lipinski definition) is 1. The fourth-order valence-corrected chi connectivity index (χ4v) is 4.71. The lowest BCUT2D eigenvalue weighted by Gasteiger charge is -2.25. The Balaban J connectivity index is 2.03. The second-order valence-electron chi connectivity index (χ2n) is 6.89. The van der Waals surface area contributed by atoms with Gasteiger partial charge >= 0.3 is 0 Å². The number of rotatable bonds is 8. The molecule has 0 aliphatic carbocycles. The van der Waals surface area contributed by atoms with Crippen LogP contribution in [0.3, 0.4) is 0 Å². The van der Waals surface area contributed by atoms with Crippen molar-refractivity contribution >= 4 is 27.3 Å². The zero-order chi connectivity index (χ0) is 23.3. The minimum atomic E-state index is -4.22. The number of halogens is 1. The van der Waals surface area contributed by atoms with Crippen molar-refractivity contribution in [1.82, 2.24) is 0 Å². The number of benzene rings is 3. The molecule has 0 saturated heterocycles. The van der Waals surface area contributed by atoms with Crippen molar-refractivity contribution < 1.29 is 27.1 Å². The Bertz CT molecular complexity index is 1210. The third-order valence-electron chi connectivity index (χ3n) is 4.68. The molecule has 3 rings (SSSR count). The highest BCUT2D eigenvalue weighted by atomic mass is 32.2. The van der Waals surface area contributed by atoms with Gasteiger partial charge in [-0.15, -0.1) is 0 Å². The topological polar surface area (TPSA) is 84.9 Å². The summed E-state index contributed by atoms with van der Waals surface area (Å²) >= 11 is 0. The molecule has 7 nitrogen and oxygen atoms in total. The lowest BCUT2D eigenvalue weighted by Crippen LogP contribution is -2.38. The third kappa shape index (κ3) is 5.00. The number of nitrogens with zero attached hydrogens (tertiary/aromatic N) is 1. The monoisotopic (exact) mass is 458 g/mol. The molecule has 168 valence electrons. The van der Waals surface area contributed by atoms with Crippen LogP contribution < -0.4 is 19.1 Å². The molecular weight excluding hydrogens is 435 g/mol. The van der Waals surface area contributed by atoms with Gasteiger partial charge in [-0.2, -0.15) is 0 Å². The van der Waals surface area contributed by atoms with E-state index in [-0.39, 0.29) is 22.0 Å². The molecule has 3 aromatic carbocycles. The molecule has 0 aromatic heterocycles. The summed E-state index contributed by atoms with van der Waals surface area (Å²) in [5.41, 5.74) is 0.894. The minimum absolute atomic E-state index is 0.0438. The first kappa shape index (κ1) is 23.1. The van der Waals surface area contributed by atoms with Crippen LogP contribution in [0.4, 0.5) is 15.8 Å². The predicted molar refractivity (Wildman–Crippen MR) is 120 cm³/mol. The van der Waals surface area contributed by atoms with Gasteiger partial charge in [-0.3, -0.25) is 9.10 Å². The summed E-state index contributed by atoms with van der Waals surface area (Å²) in [6.07, 6.45) is 0. The minimum Gasteiger partial charge on any atom is -0.497 e. The van der Waals surface area contributed by atoms with Gasteiger partial charge in [0.1, 0.15) is 28.8 Å². The molecule has 1 N–H and O–H groups in total. The number of carbonyl (C=O) groups excluding carboxylic acids is 1. The number of hydrogen-bond acceptors (Lipinski definition) is 5. The van der Waals surface area contributed by atoms with Crippen molar-refractivity contribution in [2.45, 2.75) is 11.8 Å². The Morgan fingerprint density at radius 2 is 1.69 bits per heavy atom. The number of carbonyl (C=O) groups is 1. The van der Waals surface area contributed by atoms with Gasteiger partial charge < -0.3 is 14.8 Å². The number of amides is 1. The predicted octanol–water partition coefficient (Wildman–Crippen LogP) is 3.99. The van der Waals surface area contributed by atoms with E-state index in [1.54, 1.807) is 37.3 Å². The highest BCUT2D eigenvalue weighted by Crippen LogP contribution is 2.31. The van der Waals surface area contributed by atoms with E-state index in [1.807, 2.05) is 0 Å². The summed E-state index contributed by atoms with van der Waals surface area (Å²) in [6.45, 7) is 1.17. The Hall–Kier alpha value is -3.59. The van der Waals surface area contributed by atoms with Crippen LogP contribution in [-0.2, 0) is 14.8 Å². The smallest absolute Gasteiger partial charge is 0.268 e. The van der Waals surface area contributed by atoms with E-state index in [0.29, 0.717) is 11.3 Å². The number of methoxy groups -OCH3 is 2. The van der Waals surface area contributed by atoms with E-state index in [2.05, 4.69) is 5.32 Å². The van der Waals surface area contributed by atoms with Crippen LogP contribution in [0.15, 0.2) is 71.6 Å². The highest BCUT2D eigenvalue weighted by molar-refractivity contribution is 7.93. The van der Waals surface area contributed by atoms with E-state index >= 15 is 0 Å². The molecule has 0 aliphatic heterocycles. The van der Waals surface area contributed by atoms with Gasteiger partial charge in [-0.25, -0.2) is 12.8 Å². The SMILES string of the molecule is COc1ccc(N(CC(=O)Nc2ccccc2F)S(=O)(=O)c2cc(C)ccc2OC)cc1. The molecule has 0 aliphatic rings. The zero-order valence-electron chi connectivity index (χ0n) is 17.8. The molecule has 0 saturated carbocycles. The van der Waals surface area contributed by atoms with Crippen molar-refractivity contribution in [3.8, 4) is 11.5 Å². The molecular formula is C23H23FN2O5S. The number of nitrogens with one attached hydrogen (secondary N) is 1. The van der Waals surface area contributed by atoms with Crippen LogP contribution in [0.1, 0.15) is 5.56 Å². The Morgan fingerprint density at radius 1 is 1.00 bits per heavy atom. The van der Waals surface area contributed by atoms with Gasteiger partial charge in [-0.1, -0.05) is 18.2 Å². The standard InChI is InChI=1S/C23H23FN2O5S/c1-16-8-13-21(31-3)22(14-16)32(28,29)26(17-9-11-18(30-2)12-10-17)15-23(27)25-20-7-5-4-6-19(20)24/h4-14H,15H2,1-3H3,(H,25,27). The quantitative estimate of drug-likeness (QED) is 0.552. The summed E-state index contributed by atoms with van der Waals surface area (Å²) in [4.78, 5) is 12.6. The molecule has 32 heavy (non-hydrogen) atoms. The van der Waals surface area contributed by atoms with Gasteiger partial charge in [0, 0.05) is 0 Å². The van der Waals surface area contributed by atoms with Crippen LogP contribution in [0, 0.1) is 12.7 Å². The van der Waals surface area contributed by atoms with Crippen LogP contribution in [0.2, 0.25) is 0 Å². The Morgan fingerprint density at radius 3 is 2.31 bits per heavy atom. The highest BCUT2D eigenvalue weighted by Gasteiger charge is 2.30. The zero-order valence-corrected chi connectivity index (χ0v) is 18.6. The van der Waals surface area contributed by atoms with Gasteiger partial charge in [0.05, 0.1) is 25.6 Å². The number of sulfonamides is 1. The van der Waals surface area contributed by atoms with Gasteiger partial charge in [-0.05, 0) is 61.0 Å². The van der Waals surface area contributed by atoms with Gasteiger partial charge in [0.2, 0.25) is 5.91 Å². The van der Waals surface area contributed by atoms with E-state index in [4.69, 9.17) is 9.47 Å². The second kappa shape index (κ2) is 9.69. The number of anilines is 2. The fraction of sp³-hybridized carbons (Fsp3) is 0.174. The van der Waals surface area contributed by atoms with Crippen molar-refractivity contribution in [3.05, 3.63) is 78.1 Å². The van der Waals surface area contributed by atoms with E-state index in [9.17, 15) is 17.6 Å². The van der Waals surface area contributed by atoms with Crippen LogP contribution in [-0.4, -0.2) is 35.1 Å². The summed E-state index contributed by atoms with van der Waals surface area (Å²) in [6, 6.07) is 16.6. The fourth-order valence-electron chi connectivity index (χ4n) is 3.05. The third-order valence-corrected chi connectivity index (χ3v) is 6.48. The first-order valence-electron chi connectivity index (χ1n) is 9.62. The summed E-state index contributed by atoms with van der Waals surface area (Å²) in [5.74, 6) is -0.667. The lowest BCUT2D eigenvalue weighted by molar-refractivity contribution is -0.114. The number of aryl methyl sites for hydroxylation is 1. The van der Waals surface area contributed by atoms with Crippen molar-refractivity contribution in [2.24, 2.45) is 0 Å². The first-order chi connectivity index (χ1) is 15.3. The van der Waals surface area contributed by atoms with E-state index in [0.717, 1.165) is 4.31 Å². The summed E-state index contributed by atoms with van der Waals surface area (Å²) in [5, 5.41) is 2.42. The largest absolute Gasteiger partial charge is 0.497 e. The average molecular weight is 459 g/mol. The Kier molecular flexibility index (Phi) is 6.99. The molecule has 0 heterocycles. The van der Waals surface area contributed by atoms with Crippen LogP contribution in [0.5, 0.6) is 11.5 Å². The summed E-state index contributed by atoms with van der Waals surface area (Å²) < 4.78 is 52.6. The van der Waals surface area contributed by atoms with Crippen molar-refractivity contribution in [1.29, 1.82) is 0 Å². The van der Waals surface area contributed by atoms with Crippen molar-refractivity contribution in [3.63, 3.8) is 0 Å². The van der Waals surface area contributed by atoms with Gasteiger partial charge in [0.15, 0.2) is 0 Å². The van der Waals surface area contributed by atoms with Crippen LogP contribution >= 0.6 is 0 Å². The molecule has 0 radical (unpaired) electrons. The lowest BCUT2D eigenvalue weighted by atomic mass is 10.2. The average Bonchev–Trinajstić information content (AvgIpc) is 2.79. The second-order valence-corrected chi connectivity index (χ2v) is 8.72. The van der Waals surface area contributed by atoms with E-state index in [1.165, 1.54) is 50.6 Å². The molecule has 0 bridgehead atoms. The van der Waals surface area contributed by atoms with E-state index < -0.39 is 28.3 Å². The maximum atomic E-state index is 14.0. The first-order valence-corrected chi connectivity index (χ1v) is 11.1. The van der Waals surface area contributed by atoms with Crippen LogP contribution in [0.25, 0.3) is 0 Å². The maximum Gasteiger partial charge on any atom is 0.268 e. The Labute approximate surface area is 186 Å². The normalized spacial score (nSPS) is 11.0. The molecule has 0 unspecified atom stereocenters. The molecule has 0 spiro atoms. The van der Waals surface area contributed by atoms with Crippen molar-refractivity contribution in [2.75, 3.05) is 30.4 Å². The maximum absolute atomic E-state index is 14.0. The van der Waals surface area contributed by atoms with Gasteiger partial charge in [0.25, 0.3) is 10.0 Å². The molecule has 0 atom stereocenters. The molecule has 3 aromatic rings. The molecule has 0 fully saturated rings. The molecule has 1 amide bonds. The molecule has 9 heteroatoms.